The largest absolute Gasteiger partial charge is 0.399 e. The van der Waals surface area contributed by atoms with Crippen LogP contribution in [0.1, 0.15) is 20.7 Å². The molecule has 158 valence electrons. The van der Waals surface area contributed by atoms with Gasteiger partial charge in [-0.3, -0.25) is 9.59 Å². The number of benzene rings is 2. The lowest BCUT2D eigenvalue weighted by Crippen LogP contribution is -2.49. The van der Waals surface area contributed by atoms with E-state index < -0.39 is 5.82 Å². The highest BCUT2D eigenvalue weighted by atomic mass is 19.1. The van der Waals surface area contributed by atoms with Crippen molar-refractivity contribution in [2.24, 2.45) is 0 Å². The smallest absolute Gasteiger partial charge is 0.256 e. The highest BCUT2D eigenvalue weighted by Gasteiger charge is 2.27. The van der Waals surface area contributed by atoms with Gasteiger partial charge in [-0.15, -0.1) is 0 Å². The number of morpholine rings is 1. The summed E-state index contributed by atoms with van der Waals surface area (Å²) in [4.78, 5) is 31.4. The van der Waals surface area contributed by atoms with Crippen LogP contribution in [0.2, 0.25) is 0 Å². The van der Waals surface area contributed by atoms with E-state index in [1.54, 1.807) is 28.0 Å². The Bertz CT molecular complexity index is 938. The van der Waals surface area contributed by atoms with Gasteiger partial charge in [-0.25, -0.2) is 4.39 Å². The predicted octanol–water partition coefficient (Wildman–Crippen LogP) is 1.84. The van der Waals surface area contributed by atoms with Crippen LogP contribution in [-0.2, 0) is 4.74 Å². The summed E-state index contributed by atoms with van der Waals surface area (Å²) >= 11 is 0. The van der Waals surface area contributed by atoms with E-state index in [4.69, 9.17) is 10.5 Å². The molecule has 0 bridgehead atoms. The number of amides is 2. The first-order valence-corrected chi connectivity index (χ1v) is 10.1. The second-order valence-corrected chi connectivity index (χ2v) is 7.47. The molecular formula is C22H25FN4O3. The maximum Gasteiger partial charge on any atom is 0.256 e. The molecular weight excluding hydrogens is 387 g/mol. The average molecular weight is 412 g/mol. The lowest BCUT2D eigenvalue weighted by molar-refractivity contribution is 0.0303. The first-order valence-electron chi connectivity index (χ1n) is 10.1. The molecule has 0 unspecified atom stereocenters. The number of hydrogen-bond donors (Lipinski definition) is 1. The van der Waals surface area contributed by atoms with E-state index in [2.05, 4.69) is 4.90 Å². The van der Waals surface area contributed by atoms with Gasteiger partial charge < -0.3 is 25.2 Å². The zero-order valence-corrected chi connectivity index (χ0v) is 16.7. The van der Waals surface area contributed by atoms with Crippen molar-refractivity contribution in [1.29, 1.82) is 0 Å². The van der Waals surface area contributed by atoms with E-state index >= 15 is 0 Å². The molecule has 7 nitrogen and oxygen atoms in total. The monoisotopic (exact) mass is 412 g/mol. The van der Waals surface area contributed by atoms with Gasteiger partial charge in [-0.1, -0.05) is 6.07 Å². The molecule has 2 aromatic rings. The van der Waals surface area contributed by atoms with Gasteiger partial charge in [0.15, 0.2) is 0 Å². The normalized spacial score (nSPS) is 17.2. The van der Waals surface area contributed by atoms with Crippen LogP contribution in [0.3, 0.4) is 0 Å². The Morgan fingerprint density at radius 2 is 1.57 bits per heavy atom. The number of carbonyl (C=O) groups excluding carboxylic acids is 2. The predicted molar refractivity (Wildman–Crippen MR) is 112 cm³/mol. The number of halogens is 1. The molecule has 0 aliphatic carbocycles. The molecule has 2 saturated heterocycles. The van der Waals surface area contributed by atoms with Crippen LogP contribution in [0, 0.1) is 5.82 Å². The van der Waals surface area contributed by atoms with Gasteiger partial charge in [0.2, 0.25) is 0 Å². The molecule has 2 aliphatic rings. The lowest BCUT2D eigenvalue weighted by Gasteiger charge is -2.37. The third kappa shape index (κ3) is 4.23. The number of hydrogen-bond acceptors (Lipinski definition) is 5. The first kappa shape index (κ1) is 20.2. The second kappa shape index (κ2) is 8.71. The second-order valence-electron chi connectivity index (χ2n) is 7.47. The summed E-state index contributed by atoms with van der Waals surface area (Å²) in [6.45, 7) is 4.32. The van der Waals surface area contributed by atoms with Gasteiger partial charge in [0, 0.05) is 56.2 Å². The van der Waals surface area contributed by atoms with Crippen molar-refractivity contribution in [2.45, 2.75) is 0 Å². The minimum absolute atomic E-state index is 0.0566. The first-order chi connectivity index (χ1) is 14.5. The summed E-state index contributed by atoms with van der Waals surface area (Å²) in [6, 6.07) is 11.1. The van der Waals surface area contributed by atoms with Crippen molar-refractivity contribution in [3.8, 4) is 0 Å². The van der Waals surface area contributed by atoms with Crippen molar-refractivity contribution < 1.29 is 18.7 Å². The van der Waals surface area contributed by atoms with E-state index in [1.165, 1.54) is 18.2 Å². The van der Waals surface area contributed by atoms with Gasteiger partial charge in [0.05, 0.1) is 18.8 Å². The van der Waals surface area contributed by atoms with Crippen LogP contribution < -0.4 is 10.6 Å². The number of rotatable bonds is 3. The Morgan fingerprint density at radius 1 is 0.867 bits per heavy atom. The summed E-state index contributed by atoms with van der Waals surface area (Å²) in [5, 5.41) is 0. The van der Waals surface area contributed by atoms with Gasteiger partial charge in [0.1, 0.15) is 5.82 Å². The van der Waals surface area contributed by atoms with Crippen molar-refractivity contribution in [2.75, 3.05) is 63.1 Å². The molecule has 2 N–H and O–H groups in total. The number of carbonyl (C=O) groups is 2. The maximum absolute atomic E-state index is 13.5. The zero-order valence-electron chi connectivity index (χ0n) is 16.7. The van der Waals surface area contributed by atoms with Crippen molar-refractivity contribution in [3.63, 3.8) is 0 Å². The van der Waals surface area contributed by atoms with Crippen LogP contribution >= 0.6 is 0 Å². The molecule has 2 amide bonds. The van der Waals surface area contributed by atoms with E-state index in [0.29, 0.717) is 69.3 Å². The summed E-state index contributed by atoms with van der Waals surface area (Å²) in [5.74, 6) is -0.664. The summed E-state index contributed by atoms with van der Waals surface area (Å²) in [5.41, 5.74) is 8.24. The Morgan fingerprint density at radius 3 is 2.27 bits per heavy atom. The molecule has 0 radical (unpaired) electrons. The summed E-state index contributed by atoms with van der Waals surface area (Å²) < 4.78 is 18.8. The lowest BCUT2D eigenvalue weighted by atomic mass is 10.1. The van der Waals surface area contributed by atoms with Crippen LogP contribution in [0.4, 0.5) is 15.8 Å². The van der Waals surface area contributed by atoms with E-state index in [1.807, 2.05) is 6.07 Å². The molecule has 0 saturated carbocycles. The minimum Gasteiger partial charge on any atom is -0.399 e. The Hall–Kier alpha value is -3.13. The van der Waals surface area contributed by atoms with E-state index in [9.17, 15) is 14.0 Å². The maximum atomic E-state index is 13.5. The molecule has 2 aliphatic heterocycles. The highest BCUT2D eigenvalue weighted by Crippen LogP contribution is 2.26. The molecule has 2 aromatic carbocycles. The molecule has 4 rings (SSSR count). The van der Waals surface area contributed by atoms with Gasteiger partial charge in [0.25, 0.3) is 11.8 Å². The summed E-state index contributed by atoms with van der Waals surface area (Å²) in [7, 11) is 0. The zero-order chi connectivity index (χ0) is 21.1. The minimum atomic E-state index is -0.423. The number of ether oxygens (including phenoxy) is 1. The topological polar surface area (TPSA) is 79.1 Å². The van der Waals surface area contributed by atoms with Crippen LogP contribution in [0.5, 0.6) is 0 Å². The molecule has 2 heterocycles. The highest BCUT2D eigenvalue weighted by molar-refractivity contribution is 6.01. The average Bonchev–Trinajstić information content (AvgIpc) is 2.79. The van der Waals surface area contributed by atoms with Crippen LogP contribution in [-0.4, -0.2) is 74.1 Å². The van der Waals surface area contributed by atoms with Crippen molar-refractivity contribution in [3.05, 3.63) is 59.4 Å². The van der Waals surface area contributed by atoms with Crippen molar-refractivity contribution >= 4 is 23.2 Å². The standard InChI is InChI=1S/C22H25FN4O3/c23-17-3-1-2-16(14-17)21(28)26-8-6-25(7-9-26)20-5-4-18(24)15-19(20)22(29)27-10-12-30-13-11-27/h1-5,14-15H,6-13,24H2. The fourth-order valence-corrected chi connectivity index (χ4v) is 3.89. The van der Waals surface area contributed by atoms with E-state index in [0.717, 1.165) is 5.69 Å². The number of nitrogens with two attached hydrogens (primary N) is 1. The molecule has 30 heavy (non-hydrogen) atoms. The third-order valence-electron chi connectivity index (χ3n) is 5.53. The number of nitrogens with zero attached hydrogens (tertiary/aromatic N) is 3. The van der Waals surface area contributed by atoms with Crippen LogP contribution in [0.25, 0.3) is 0 Å². The SMILES string of the molecule is Nc1ccc(N2CCN(C(=O)c3cccc(F)c3)CC2)c(C(=O)N2CCOCC2)c1. The Balaban J connectivity index is 1.48. The number of anilines is 2. The Labute approximate surface area is 174 Å². The molecule has 0 aromatic heterocycles. The fraction of sp³-hybridized carbons (Fsp3) is 0.364. The van der Waals surface area contributed by atoms with Gasteiger partial charge in [-0.05, 0) is 36.4 Å². The summed E-state index contributed by atoms with van der Waals surface area (Å²) in [6.07, 6.45) is 0. The third-order valence-corrected chi connectivity index (χ3v) is 5.53. The molecule has 0 spiro atoms. The van der Waals surface area contributed by atoms with Crippen molar-refractivity contribution in [1.82, 2.24) is 9.80 Å². The van der Waals surface area contributed by atoms with Gasteiger partial charge in [-0.2, -0.15) is 0 Å². The van der Waals surface area contributed by atoms with E-state index in [-0.39, 0.29) is 11.8 Å². The van der Waals surface area contributed by atoms with Gasteiger partial charge >= 0.3 is 0 Å². The quantitative estimate of drug-likeness (QED) is 0.779. The number of piperazine rings is 1. The molecule has 2 fully saturated rings. The molecule has 8 heteroatoms. The number of nitrogen functional groups attached to an aromatic ring is 1. The Kier molecular flexibility index (Phi) is 5.85. The molecule has 0 atom stereocenters. The van der Waals surface area contributed by atoms with Crippen LogP contribution in [0.15, 0.2) is 42.5 Å². The fourth-order valence-electron chi connectivity index (χ4n) is 3.89.